The molecular weight excluding hydrogens is 212 g/mol. The van der Waals surface area contributed by atoms with E-state index in [0.717, 1.165) is 13.1 Å². The van der Waals surface area contributed by atoms with Crippen molar-refractivity contribution in [3.05, 3.63) is 0 Å². The molecule has 0 aromatic carbocycles. The van der Waals surface area contributed by atoms with Crippen molar-refractivity contribution in [2.75, 3.05) is 13.1 Å². The van der Waals surface area contributed by atoms with Gasteiger partial charge in [0.1, 0.15) is 0 Å². The molecule has 0 bridgehead atoms. The molecule has 1 amide bonds. The molecule has 1 saturated heterocycles. The number of carbonyl (C=O) groups is 1. The van der Waals surface area contributed by atoms with E-state index in [2.05, 4.69) is 41.5 Å². The Morgan fingerprint density at radius 1 is 1.29 bits per heavy atom. The predicted octanol–water partition coefficient (Wildman–Crippen LogP) is 2.25. The standard InChI is InChI=1S/C14H28N2O/c1-10(2)14(15)8-16(9-14)12(17)7-11(3)13(4,5)6/h10-11H,7-9,15H2,1-6H3. The van der Waals surface area contributed by atoms with E-state index in [9.17, 15) is 4.79 Å². The lowest BCUT2D eigenvalue weighted by Crippen LogP contribution is -2.71. The first-order valence-corrected chi connectivity index (χ1v) is 6.63. The first kappa shape index (κ1) is 14.5. The molecule has 0 aromatic rings. The average molecular weight is 240 g/mol. The molecule has 3 nitrogen and oxygen atoms in total. The summed E-state index contributed by atoms with van der Waals surface area (Å²) in [5.74, 6) is 1.10. The summed E-state index contributed by atoms with van der Waals surface area (Å²) in [6, 6.07) is 0. The van der Waals surface area contributed by atoms with E-state index < -0.39 is 0 Å². The van der Waals surface area contributed by atoms with Gasteiger partial charge in [0.15, 0.2) is 0 Å². The largest absolute Gasteiger partial charge is 0.339 e. The van der Waals surface area contributed by atoms with Crippen LogP contribution in [0.2, 0.25) is 0 Å². The smallest absolute Gasteiger partial charge is 0.222 e. The van der Waals surface area contributed by atoms with Crippen LogP contribution in [-0.4, -0.2) is 29.4 Å². The first-order valence-electron chi connectivity index (χ1n) is 6.63. The molecule has 2 N–H and O–H groups in total. The Morgan fingerprint density at radius 3 is 2.12 bits per heavy atom. The molecule has 0 radical (unpaired) electrons. The Bertz CT molecular complexity index is 285. The van der Waals surface area contributed by atoms with E-state index in [4.69, 9.17) is 5.73 Å². The van der Waals surface area contributed by atoms with Crippen LogP contribution < -0.4 is 5.73 Å². The van der Waals surface area contributed by atoms with E-state index in [1.165, 1.54) is 0 Å². The van der Waals surface area contributed by atoms with E-state index in [-0.39, 0.29) is 16.9 Å². The third kappa shape index (κ3) is 3.21. The Balaban J connectivity index is 2.43. The Labute approximate surface area is 106 Å². The fraction of sp³-hybridized carbons (Fsp3) is 0.929. The number of hydrogen-bond acceptors (Lipinski definition) is 2. The fourth-order valence-electron chi connectivity index (χ4n) is 1.90. The molecule has 1 fully saturated rings. The molecule has 0 spiro atoms. The first-order chi connectivity index (χ1) is 7.56. The Morgan fingerprint density at radius 2 is 1.76 bits per heavy atom. The van der Waals surface area contributed by atoms with Crippen LogP contribution in [0.3, 0.4) is 0 Å². The lowest BCUT2D eigenvalue weighted by atomic mass is 9.77. The van der Waals surface area contributed by atoms with Crippen LogP contribution >= 0.6 is 0 Å². The molecule has 1 unspecified atom stereocenters. The second-order valence-electron chi connectivity index (χ2n) is 7.11. The number of nitrogens with zero attached hydrogens (tertiary/aromatic N) is 1. The van der Waals surface area contributed by atoms with E-state index >= 15 is 0 Å². The minimum absolute atomic E-state index is 0.152. The lowest BCUT2D eigenvalue weighted by Gasteiger charge is -2.50. The molecular formula is C14H28N2O. The van der Waals surface area contributed by atoms with Crippen LogP contribution in [0.15, 0.2) is 0 Å². The van der Waals surface area contributed by atoms with Crippen LogP contribution in [0.4, 0.5) is 0 Å². The fourth-order valence-corrected chi connectivity index (χ4v) is 1.90. The van der Waals surface area contributed by atoms with Gasteiger partial charge in [0, 0.05) is 19.5 Å². The summed E-state index contributed by atoms with van der Waals surface area (Å²) in [4.78, 5) is 14.0. The van der Waals surface area contributed by atoms with Gasteiger partial charge in [-0.3, -0.25) is 4.79 Å². The number of likely N-dealkylation sites (tertiary alicyclic amines) is 1. The van der Waals surface area contributed by atoms with Crippen LogP contribution in [0, 0.1) is 17.3 Å². The molecule has 0 aromatic heterocycles. The summed E-state index contributed by atoms with van der Waals surface area (Å²) in [5.41, 5.74) is 6.24. The maximum atomic E-state index is 12.1. The molecule has 1 heterocycles. The Hall–Kier alpha value is -0.570. The molecule has 100 valence electrons. The maximum Gasteiger partial charge on any atom is 0.222 e. The van der Waals surface area contributed by atoms with Crippen LogP contribution in [-0.2, 0) is 4.79 Å². The van der Waals surface area contributed by atoms with E-state index in [1.54, 1.807) is 0 Å². The zero-order valence-corrected chi connectivity index (χ0v) is 12.2. The number of amides is 1. The average Bonchev–Trinajstić information content (AvgIpc) is 2.10. The van der Waals surface area contributed by atoms with Gasteiger partial charge in [-0.2, -0.15) is 0 Å². The second-order valence-corrected chi connectivity index (χ2v) is 7.11. The molecule has 1 aliphatic rings. The van der Waals surface area contributed by atoms with Crippen molar-refractivity contribution in [3.8, 4) is 0 Å². The predicted molar refractivity (Wildman–Crippen MR) is 71.6 cm³/mol. The van der Waals surface area contributed by atoms with Crippen molar-refractivity contribution in [1.82, 2.24) is 4.90 Å². The van der Waals surface area contributed by atoms with Crippen molar-refractivity contribution in [3.63, 3.8) is 0 Å². The molecule has 0 aliphatic carbocycles. The molecule has 3 heteroatoms. The normalized spacial score (nSPS) is 21.3. The minimum atomic E-state index is -0.152. The number of hydrogen-bond donors (Lipinski definition) is 1. The lowest BCUT2D eigenvalue weighted by molar-refractivity contribution is -0.141. The monoisotopic (exact) mass is 240 g/mol. The van der Waals surface area contributed by atoms with Gasteiger partial charge in [-0.05, 0) is 17.3 Å². The molecule has 0 saturated carbocycles. The van der Waals surface area contributed by atoms with Crippen LogP contribution in [0.1, 0.15) is 48.0 Å². The summed E-state index contributed by atoms with van der Waals surface area (Å²) in [6.45, 7) is 14.4. The summed E-state index contributed by atoms with van der Waals surface area (Å²) in [6.07, 6.45) is 0.637. The van der Waals surface area contributed by atoms with Gasteiger partial charge in [0.25, 0.3) is 0 Å². The zero-order chi connectivity index (χ0) is 13.4. The van der Waals surface area contributed by atoms with Crippen molar-refractivity contribution >= 4 is 5.91 Å². The van der Waals surface area contributed by atoms with E-state index in [0.29, 0.717) is 18.3 Å². The van der Waals surface area contributed by atoms with Gasteiger partial charge in [0.05, 0.1) is 5.54 Å². The van der Waals surface area contributed by atoms with Crippen molar-refractivity contribution in [2.45, 2.75) is 53.5 Å². The van der Waals surface area contributed by atoms with Gasteiger partial charge in [-0.25, -0.2) is 0 Å². The zero-order valence-electron chi connectivity index (χ0n) is 12.2. The van der Waals surface area contributed by atoms with Crippen LogP contribution in [0.5, 0.6) is 0 Å². The second kappa shape index (κ2) is 4.60. The number of rotatable bonds is 3. The van der Waals surface area contributed by atoms with Crippen molar-refractivity contribution in [2.24, 2.45) is 23.0 Å². The highest BCUT2D eigenvalue weighted by atomic mass is 16.2. The number of nitrogens with two attached hydrogens (primary N) is 1. The molecule has 1 aliphatic heterocycles. The summed E-state index contributed by atoms with van der Waals surface area (Å²) in [5, 5.41) is 0. The topological polar surface area (TPSA) is 46.3 Å². The third-order valence-corrected chi connectivity index (χ3v) is 4.43. The van der Waals surface area contributed by atoms with Gasteiger partial charge < -0.3 is 10.6 Å². The van der Waals surface area contributed by atoms with Crippen molar-refractivity contribution in [1.29, 1.82) is 0 Å². The molecule has 17 heavy (non-hydrogen) atoms. The molecule has 1 rings (SSSR count). The van der Waals surface area contributed by atoms with Crippen LogP contribution in [0.25, 0.3) is 0 Å². The highest BCUT2D eigenvalue weighted by Crippen LogP contribution is 2.31. The number of carbonyl (C=O) groups excluding carboxylic acids is 1. The summed E-state index contributed by atoms with van der Waals surface area (Å²) in [7, 11) is 0. The summed E-state index contributed by atoms with van der Waals surface area (Å²) < 4.78 is 0. The Kier molecular flexibility index (Phi) is 3.92. The van der Waals surface area contributed by atoms with Gasteiger partial charge in [0.2, 0.25) is 5.91 Å². The highest BCUT2D eigenvalue weighted by molar-refractivity contribution is 5.77. The third-order valence-electron chi connectivity index (χ3n) is 4.43. The maximum absolute atomic E-state index is 12.1. The SMILES string of the molecule is CC(CC(=O)N1CC(N)(C(C)C)C1)C(C)(C)C. The molecule has 1 atom stereocenters. The highest BCUT2D eigenvalue weighted by Gasteiger charge is 2.44. The summed E-state index contributed by atoms with van der Waals surface area (Å²) >= 11 is 0. The van der Waals surface area contributed by atoms with Gasteiger partial charge in [-0.1, -0.05) is 41.5 Å². The van der Waals surface area contributed by atoms with Gasteiger partial charge >= 0.3 is 0 Å². The van der Waals surface area contributed by atoms with Crippen molar-refractivity contribution < 1.29 is 4.79 Å². The minimum Gasteiger partial charge on any atom is -0.339 e. The quantitative estimate of drug-likeness (QED) is 0.822. The van der Waals surface area contributed by atoms with E-state index in [1.807, 2.05) is 4.90 Å². The van der Waals surface area contributed by atoms with Gasteiger partial charge in [-0.15, -0.1) is 0 Å².